The summed E-state index contributed by atoms with van der Waals surface area (Å²) in [7, 11) is 0. The van der Waals surface area contributed by atoms with E-state index in [1.54, 1.807) is 0 Å². The number of aliphatic hydroxyl groups excluding tert-OH is 1. The first-order valence-electron chi connectivity index (χ1n) is 16.8. The monoisotopic (exact) mass is 677 g/mol. The summed E-state index contributed by atoms with van der Waals surface area (Å²) in [5.41, 5.74) is 14.0. The van der Waals surface area contributed by atoms with Gasteiger partial charge in [0.2, 0.25) is 29.5 Å². The molecule has 0 spiro atoms. The summed E-state index contributed by atoms with van der Waals surface area (Å²) >= 11 is 0. The van der Waals surface area contributed by atoms with Gasteiger partial charge < -0.3 is 42.8 Å². The maximum atomic E-state index is 13.6. The molecule has 0 aliphatic heterocycles. The minimum absolute atomic E-state index is 0.0395. The number of fused-ring (bicyclic) bond motifs is 1. The number of amides is 5. The van der Waals surface area contributed by atoms with Gasteiger partial charge in [-0.15, -0.1) is 0 Å². The zero-order chi connectivity index (χ0) is 35.8. The molecule has 2 aromatic carbocycles. The smallest absolute Gasteiger partial charge is 0.222 e. The molecule has 0 bridgehead atoms. The van der Waals surface area contributed by atoms with Crippen LogP contribution in [0.15, 0.2) is 60.8 Å². The Balaban J connectivity index is 1.75. The topological polar surface area (TPSA) is 222 Å². The predicted molar refractivity (Wildman–Crippen MR) is 188 cm³/mol. The molecule has 13 nitrogen and oxygen atoms in total. The van der Waals surface area contributed by atoms with Gasteiger partial charge in [-0.2, -0.15) is 0 Å². The van der Waals surface area contributed by atoms with E-state index in [2.05, 4.69) is 26.3 Å². The fourth-order valence-corrected chi connectivity index (χ4v) is 5.93. The Labute approximate surface area is 287 Å². The summed E-state index contributed by atoms with van der Waals surface area (Å²) in [4.78, 5) is 66.6. The fraction of sp³-hybridized carbons (Fsp3) is 0.472. The molecule has 49 heavy (non-hydrogen) atoms. The van der Waals surface area contributed by atoms with Crippen LogP contribution in [0.5, 0.6) is 0 Å². The van der Waals surface area contributed by atoms with Crippen LogP contribution in [0.2, 0.25) is 0 Å². The van der Waals surface area contributed by atoms with Gasteiger partial charge in [0.25, 0.3) is 0 Å². The lowest BCUT2D eigenvalue weighted by Crippen LogP contribution is -2.48. The molecule has 5 atom stereocenters. The van der Waals surface area contributed by atoms with Crippen molar-refractivity contribution >= 4 is 40.4 Å². The van der Waals surface area contributed by atoms with Crippen LogP contribution >= 0.6 is 0 Å². The number of benzene rings is 2. The first-order valence-corrected chi connectivity index (χ1v) is 16.8. The second-order valence-corrected chi connectivity index (χ2v) is 12.7. The van der Waals surface area contributed by atoms with Crippen LogP contribution in [0.1, 0.15) is 69.9 Å². The number of nitrogens with one attached hydrogen (secondary N) is 5. The quantitative estimate of drug-likeness (QED) is 0.0775. The Morgan fingerprint density at radius 1 is 0.755 bits per heavy atom. The largest absolute Gasteiger partial charge is 0.391 e. The first kappa shape index (κ1) is 38.7. The Morgan fingerprint density at radius 2 is 1.35 bits per heavy atom. The summed E-state index contributed by atoms with van der Waals surface area (Å²) in [6.45, 7) is 3.26. The van der Waals surface area contributed by atoms with Crippen molar-refractivity contribution in [2.75, 3.05) is 6.54 Å². The Hall–Kier alpha value is -4.75. The van der Waals surface area contributed by atoms with Gasteiger partial charge in [0.1, 0.15) is 0 Å². The van der Waals surface area contributed by atoms with Gasteiger partial charge in [0, 0.05) is 67.8 Å². The first-order chi connectivity index (χ1) is 23.4. The van der Waals surface area contributed by atoms with Gasteiger partial charge in [0.15, 0.2) is 0 Å². The van der Waals surface area contributed by atoms with Crippen LogP contribution < -0.4 is 32.7 Å². The minimum Gasteiger partial charge on any atom is -0.391 e. The second kappa shape index (κ2) is 19.9. The summed E-state index contributed by atoms with van der Waals surface area (Å²) in [6, 6.07) is 14.7. The molecule has 1 heterocycles. The Bertz CT molecular complexity index is 1530. The van der Waals surface area contributed by atoms with Crippen LogP contribution in [-0.4, -0.2) is 76.4 Å². The van der Waals surface area contributed by atoms with E-state index >= 15 is 0 Å². The van der Waals surface area contributed by atoms with Crippen molar-refractivity contribution in [3.8, 4) is 0 Å². The number of aromatic nitrogens is 1. The third-order valence-corrected chi connectivity index (χ3v) is 8.26. The fourth-order valence-electron chi connectivity index (χ4n) is 5.93. The molecule has 1 aromatic heterocycles. The third kappa shape index (κ3) is 14.1. The number of rotatable bonds is 21. The van der Waals surface area contributed by atoms with Crippen molar-refractivity contribution in [1.82, 2.24) is 26.3 Å². The summed E-state index contributed by atoms with van der Waals surface area (Å²) in [5.74, 6) is -2.03. The second-order valence-electron chi connectivity index (χ2n) is 12.7. The highest BCUT2D eigenvalue weighted by molar-refractivity contribution is 5.85. The highest BCUT2D eigenvalue weighted by atomic mass is 16.3. The van der Waals surface area contributed by atoms with Gasteiger partial charge in [0.05, 0.1) is 12.1 Å². The number of nitrogens with two attached hydrogens (primary N) is 2. The van der Waals surface area contributed by atoms with Gasteiger partial charge >= 0.3 is 0 Å². The zero-order valence-electron chi connectivity index (χ0n) is 28.4. The van der Waals surface area contributed by atoms with E-state index in [4.69, 9.17) is 11.5 Å². The molecule has 5 amide bonds. The van der Waals surface area contributed by atoms with Gasteiger partial charge in [-0.1, -0.05) is 55.0 Å². The lowest BCUT2D eigenvalue weighted by Gasteiger charge is -2.25. The molecule has 0 saturated heterocycles. The van der Waals surface area contributed by atoms with E-state index in [1.165, 1.54) is 13.8 Å². The van der Waals surface area contributed by atoms with Crippen molar-refractivity contribution in [3.63, 3.8) is 0 Å². The van der Waals surface area contributed by atoms with E-state index in [9.17, 15) is 29.1 Å². The number of unbranched alkanes of at least 4 members (excludes halogenated alkanes) is 1. The molecule has 0 fully saturated rings. The van der Waals surface area contributed by atoms with E-state index in [0.29, 0.717) is 38.6 Å². The molecular formula is C36H51N7O6. The lowest BCUT2D eigenvalue weighted by atomic mass is 9.99. The van der Waals surface area contributed by atoms with E-state index in [0.717, 1.165) is 22.0 Å². The molecule has 0 aliphatic carbocycles. The summed E-state index contributed by atoms with van der Waals surface area (Å²) < 4.78 is 0. The van der Waals surface area contributed by atoms with Gasteiger partial charge in [-0.3, -0.25) is 24.0 Å². The molecule has 0 saturated carbocycles. The molecular weight excluding hydrogens is 626 g/mol. The zero-order valence-corrected chi connectivity index (χ0v) is 28.4. The number of para-hydroxylation sites is 1. The number of carbonyl (C=O) groups excluding carboxylic acids is 5. The average molecular weight is 678 g/mol. The van der Waals surface area contributed by atoms with Crippen LogP contribution in [0, 0.1) is 0 Å². The van der Waals surface area contributed by atoms with Crippen LogP contribution in [0.3, 0.4) is 0 Å². The highest BCUT2D eigenvalue weighted by Gasteiger charge is 2.25. The maximum absolute atomic E-state index is 13.6. The van der Waals surface area contributed by atoms with E-state index < -0.39 is 42.1 Å². The molecule has 0 aliphatic rings. The molecule has 10 N–H and O–H groups in total. The highest BCUT2D eigenvalue weighted by Crippen LogP contribution is 2.20. The van der Waals surface area contributed by atoms with E-state index in [-0.39, 0.29) is 43.4 Å². The maximum Gasteiger partial charge on any atom is 0.222 e. The van der Waals surface area contributed by atoms with Crippen LogP contribution in [-0.2, 0) is 36.8 Å². The molecule has 0 radical (unpaired) electrons. The number of carbonyl (C=O) groups is 5. The number of hydrogen-bond acceptors (Lipinski definition) is 7. The number of H-pyrrole nitrogens is 1. The van der Waals surface area contributed by atoms with Crippen molar-refractivity contribution in [2.24, 2.45) is 11.5 Å². The lowest BCUT2D eigenvalue weighted by molar-refractivity contribution is -0.125. The molecule has 266 valence electrons. The van der Waals surface area contributed by atoms with Crippen molar-refractivity contribution < 1.29 is 29.1 Å². The third-order valence-electron chi connectivity index (χ3n) is 8.26. The summed E-state index contributed by atoms with van der Waals surface area (Å²) in [6.07, 6.45) is 3.20. The Kier molecular flexibility index (Phi) is 15.7. The Morgan fingerprint density at radius 3 is 1.98 bits per heavy atom. The molecule has 3 rings (SSSR count). The SMILES string of the molecule is CC(=O)N[C@H](CC(=O)N[C@@H](CCCCN)CC(=O)N[C@H](CC(=O)N[C@H](CC(N)=O)Cc1ccccc1)Cc1c[nH]c2ccccc12)[C@@H](C)O. The normalized spacial score (nSPS) is 14.2. The van der Waals surface area contributed by atoms with Crippen molar-refractivity contribution in [2.45, 2.75) is 102 Å². The van der Waals surface area contributed by atoms with Crippen molar-refractivity contribution in [1.29, 1.82) is 0 Å². The number of hydrogen-bond donors (Lipinski definition) is 8. The van der Waals surface area contributed by atoms with Gasteiger partial charge in [-0.25, -0.2) is 0 Å². The van der Waals surface area contributed by atoms with Crippen LogP contribution in [0.25, 0.3) is 10.9 Å². The standard InChI is InChI=1S/C36H51N7O6/c1-23(44)32(40-24(2)45)21-36(49)41-27(12-8-9-15-37)19-34(47)43-29(17-26-22-39-31-14-7-6-13-30(26)31)20-35(48)42-28(18-33(38)46)16-25-10-4-3-5-11-25/h3-7,10-11,13-14,22-23,27-29,32,39,44H,8-9,12,15-21,37H2,1-2H3,(H2,38,46)(H,40,45)(H,41,49)(H,42,48)(H,43,47)/t23-,27+,28+,29+,32-/m1/s1. The molecule has 3 aromatic rings. The predicted octanol–water partition coefficient (Wildman–Crippen LogP) is 1.47. The number of primary amides is 1. The minimum atomic E-state index is -0.958. The molecule has 0 unspecified atom stereocenters. The average Bonchev–Trinajstić information content (AvgIpc) is 3.43. The number of aromatic amines is 1. The number of aliphatic hydroxyl groups is 1. The molecule has 13 heteroatoms. The van der Waals surface area contributed by atoms with E-state index in [1.807, 2.05) is 60.8 Å². The van der Waals surface area contributed by atoms with Crippen LogP contribution in [0.4, 0.5) is 0 Å². The van der Waals surface area contributed by atoms with Crippen molar-refractivity contribution in [3.05, 3.63) is 71.9 Å². The summed E-state index contributed by atoms with van der Waals surface area (Å²) in [5, 5.41) is 22.4. The van der Waals surface area contributed by atoms with Gasteiger partial charge in [-0.05, 0) is 56.3 Å².